The highest BCUT2D eigenvalue weighted by atomic mass is 16.3. The van der Waals surface area contributed by atoms with E-state index in [1.54, 1.807) is 18.2 Å². The standard InChI is InChI=1S/C15H22N2O2/c1-11-8-13(18)5-6-14(11)15(19)16-9-12-4-3-7-17(2)10-12/h5-6,8,12,18H,3-4,7,9-10H2,1-2H3,(H,16,19). The van der Waals surface area contributed by atoms with Gasteiger partial charge in [0.05, 0.1) is 0 Å². The molecule has 1 atom stereocenters. The van der Waals surface area contributed by atoms with Crippen molar-refractivity contribution in [3.05, 3.63) is 29.3 Å². The molecule has 0 saturated carbocycles. The van der Waals surface area contributed by atoms with Crippen LogP contribution in [-0.4, -0.2) is 42.6 Å². The second-order valence-electron chi connectivity index (χ2n) is 5.48. The Kier molecular flexibility index (Phi) is 4.43. The Bertz CT molecular complexity index is 459. The van der Waals surface area contributed by atoms with Crippen LogP contribution in [0.5, 0.6) is 5.75 Å². The van der Waals surface area contributed by atoms with Gasteiger partial charge in [-0.15, -0.1) is 0 Å². The van der Waals surface area contributed by atoms with E-state index in [4.69, 9.17) is 0 Å². The predicted molar refractivity (Wildman–Crippen MR) is 75.4 cm³/mol. The molecule has 1 aromatic rings. The maximum Gasteiger partial charge on any atom is 0.251 e. The lowest BCUT2D eigenvalue weighted by Crippen LogP contribution is -2.39. The molecule has 0 radical (unpaired) electrons. The minimum atomic E-state index is -0.0503. The van der Waals surface area contributed by atoms with E-state index >= 15 is 0 Å². The highest BCUT2D eigenvalue weighted by Gasteiger charge is 2.18. The van der Waals surface area contributed by atoms with Gasteiger partial charge in [-0.05, 0) is 63.0 Å². The molecule has 0 aromatic heterocycles. The molecule has 4 heteroatoms. The first-order valence-corrected chi connectivity index (χ1v) is 6.82. The molecule has 0 spiro atoms. The Hall–Kier alpha value is -1.55. The van der Waals surface area contributed by atoms with E-state index in [2.05, 4.69) is 17.3 Å². The van der Waals surface area contributed by atoms with Crippen molar-refractivity contribution in [2.75, 3.05) is 26.7 Å². The molecule has 0 aliphatic carbocycles. The van der Waals surface area contributed by atoms with Gasteiger partial charge in [-0.3, -0.25) is 4.79 Å². The summed E-state index contributed by atoms with van der Waals surface area (Å²) < 4.78 is 0. The van der Waals surface area contributed by atoms with Crippen LogP contribution in [0.25, 0.3) is 0 Å². The average Bonchev–Trinajstić information content (AvgIpc) is 2.36. The van der Waals surface area contributed by atoms with Gasteiger partial charge in [0.15, 0.2) is 0 Å². The second-order valence-corrected chi connectivity index (χ2v) is 5.48. The number of aryl methyl sites for hydroxylation is 1. The van der Waals surface area contributed by atoms with Crippen molar-refractivity contribution in [2.45, 2.75) is 19.8 Å². The van der Waals surface area contributed by atoms with Crippen molar-refractivity contribution < 1.29 is 9.90 Å². The number of phenolic OH excluding ortho intramolecular Hbond substituents is 1. The van der Waals surface area contributed by atoms with E-state index in [1.807, 2.05) is 6.92 Å². The molecular weight excluding hydrogens is 240 g/mol. The maximum atomic E-state index is 12.1. The van der Waals surface area contributed by atoms with Crippen LogP contribution in [-0.2, 0) is 0 Å². The second kappa shape index (κ2) is 6.06. The predicted octanol–water partition coefficient (Wildman–Crippen LogP) is 1.77. The quantitative estimate of drug-likeness (QED) is 0.873. The van der Waals surface area contributed by atoms with E-state index in [0.717, 1.165) is 25.2 Å². The number of benzene rings is 1. The summed E-state index contributed by atoms with van der Waals surface area (Å²) in [5, 5.41) is 12.3. The third-order valence-electron chi connectivity index (χ3n) is 3.73. The van der Waals surface area contributed by atoms with Gasteiger partial charge < -0.3 is 15.3 Å². The summed E-state index contributed by atoms with van der Waals surface area (Å²) in [6, 6.07) is 4.84. The summed E-state index contributed by atoms with van der Waals surface area (Å²) in [6.07, 6.45) is 2.38. The molecular formula is C15H22N2O2. The molecule has 2 N–H and O–H groups in total. The number of hydrogen-bond acceptors (Lipinski definition) is 3. The van der Waals surface area contributed by atoms with Gasteiger partial charge in [0.1, 0.15) is 5.75 Å². The number of aromatic hydroxyl groups is 1. The fraction of sp³-hybridized carbons (Fsp3) is 0.533. The van der Waals surface area contributed by atoms with Gasteiger partial charge in [-0.1, -0.05) is 0 Å². The van der Waals surface area contributed by atoms with Gasteiger partial charge in [0.2, 0.25) is 0 Å². The Morgan fingerprint density at radius 2 is 2.32 bits per heavy atom. The molecule has 1 aromatic carbocycles. The normalized spacial score (nSPS) is 20.2. The molecule has 104 valence electrons. The Balaban J connectivity index is 1.90. The number of rotatable bonds is 3. The molecule has 1 saturated heterocycles. The number of hydrogen-bond donors (Lipinski definition) is 2. The molecule has 1 fully saturated rings. The lowest BCUT2D eigenvalue weighted by atomic mass is 9.98. The van der Waals surface area contributed by atoms with Crippen LogP contribution in [0.2, 0.25) is 0 Å². The van der Waals surface area contributed by atoms with Crippen LogP contribution in [0.1, 0.15) is 28.8 Å². The Morgan fingerprint density at radius 1 is 1.53 bits per heavy atom. The summed E-state index contributed by atoms with van der Waals surface area (Å²) in [6.45, 7) is 4.77. The first kappa shape index (κ1) is 13.9. The van der Waals surface area contributed by atoms with Crippen molar-refractivity contribution in [1.82, 2.24) is 10.2 Å². The SMILES string of the molecule is Cc1cc(O)ccc1C(=O)NCC1CCCN(C)C1. The molecule has 1 amide bonds. The lowest BCUT2D eigenvalue weighted by Gasteiger charge is -2.29. The molecule has 0 bridgehead atoms. The van der Waals surface area contributed by atoms with Crippen LogP contribution in [0.3, 0.4) is 0 Å². The number of nitrogens with zero attached hydrogens (tertiary/aromatic N) is 1. The Morgan fingerprint density at radius 3 is 3.00 bits per heavy atom. The largest absolute Gasteiger partial charge is 0.508 e. The monoisotopic (exact) mass is 262 g/mol. The fourth-order valence-electron chi connectivity index (χ4n) is 2.67. The van der Waals surface area contributed by atoms with Crippen LogP contribution in [0.15, 0.2) is 18.2 Å². The van der Waals surface area contributed by atoms with Crippen molar-refractivity contribution >= 4 is 5.91 Å². The lowest BCUT2D eigenvalue weighted by molar-refractivity contribution is 0.0936. The smallest absolute Gasteiger partial charge is 0.251 e. The molecule has 1 aliphatic heterocycles. The number of carbonyl (C=O) groups excluding carboxylic acids is 1. The number of carbonyl (C=O) groups is 1. The summed E-state index contributed by atoms with van der Waals surface area (Å²) in [5.74, 6) is 0.689. The molecule has 4 nitrogen and oxygen atoms in total. The third-order valence-corrected chi connectivity index (χ3v) is 3.73. The van der Waals surface area contributed by atoms with Crippen molar-refractivity contribution in [2.24, 2.45) is 5.92 Å². The fourth-order valence-corrected chi connectivity index (χ4v) is 2.67. The summed E-state index contributed by atoms with van der Waals surface area (Å²) >= 11 is 0. The highest BCUT2D eigenvalue weighted by Crippen LogP contribution is 2.17. The van der Waals surface area contributed by atoms with E-state index in [9.17, 15) is 9.90 Å². The van der Waals surface area contributed by atoms with Gasteiger partial charge in [0.25, 0.3) is 5.91 Å². The number of likely N-dealkylation sites (tertiary alicyclic amines) is 1. The van der Waals surface area contributed by atoms with Gasteiger partial charge in [-0.2, -0.15) is 0 Å². The molecule has 1 unspecified atom stereocenters. The third kappa shape index (κ3) is 3.70. The zero-order chi connectivity index (χ0) is 13.8. The molecule has 19 heavy (non-hydrogen) atoms. The highest BCUT2D eigenvalue weighted by molar-refractivity contribution is 5.95. The first-order chi connectivity index (χ1) is 9.06. The molecule has 1 heterocycles. The minimum absolute atomic E-state index is 0.0503. The number of piperidine rings is 1. The first-order valence-electron chi connectivity index (χ1n) is 6.82. The van der Waals surface area contributed by atoms with E-state index in [1.165, 1.54) is 12.8 Å². The maximum absolute atomic E-state index is 12.1. The average molecular weight is 262 g/mol. The molecule has 2 rings (SSSR count). The minimum Gasteiger partial charge on any atom is -0.508 e. The van der Waals surface area contributed by atoms with E-state index in [-0.39, 0.29) is 11.7 Å². The van der Waals surface area contributed by atoms with Crippen LogP contribution in [0, 0.1) is 12.8 Å². The molecule has 1 aliphatic rings. The number of nitrogens with one attached hydrogen (secondary N) is 1. The number of phenols is 1. The van der Waals surface area contributed by atoms with Crippen LogP contribution in [0.4, 0.5) is 0 Å². The van der Waals surface area contributed by atoms with Gasteiger partial charge in [0, 0.05) is 18.7 Å². The summed E-state index contributed by atoms with van der Waals surface area (Å²) in [5.41, 5.74) is 1.44. The van der Waals surface area contributed by atoms with Crippen molar-refractivity contribution in [3.8, 4) is 5.75 Å². The van der Waals surface area contributed by atoms with Crippen molar-refractivity contribution in [3.63, 3.8) is 0 Å². The Labute approximate surface area is 114 Å². The van der Waals surface area contributed by atoms with Gasteiger partial charge >= 0.3 is 0 Å². The zero-order valence-electron chi connectivity index (χ0n) is 11.6. The van der Waals surface area contributed by atoms with Crippen molar-refractivity contribution in [1.29, 1.82) is 0 Å². The van der Waals surface area contributed by atoms with E-state index in [0.29, 0.717) is 11.5 Å². The zero-order valence-corrected chi connectivity index (χ0v) is 11.6. The summed E-state index contributed by atoms with van der Waals surface area (Å²) in [7, 11) is 2.12. The van der Waals surface area contributed by atoms with Crippen LogP contribution >= 0.6 is 0 Å². The van der Waals surface area contributed by atoms with Gasteiger partial charge in [-0.25, -0.2) is 0 Å². The topological polar surface area (TPSA) is 52.6 Å². The summed E-state index contributed by atoms with van der Waals surface area (Å²) in [4.78, 5) is 14.4. The van der Waals surface area contributed by atoms with E-state index < -0.39 is 0 Å². The van der Waals surface area contributed by atoms with Crippen LogP contribution < -0.4 is 5.32 Å². The number of amides is 1.